The van der Waals surface area contributed by atoms with Gasteiger partial charge in [-0.1, -0.05) is 13.0 Å². The molecule has 3 nitrogen and oxygen atoms in total. The van der Waals surface area contributed by atoms with Crippen molar-refractivity contribution in [3.05, 3.63) is 29.3 Å². The molecule has 0 heterocycles. The average Bonchev–Trinajstić information content (AvgIpc) is 3.14. The Labute approximate surface area is 109 Å². The summed E-state index contributed by atoms with van der Waals surface area (Å²) in [5, 5.41) is 2.99. The molecule has 3 heteroatoms. The average molecular weight is 247 g/mol. The molecule has 0 aromatic heterocycles. The number of ether oxygens (including phenoxy) is 1. The van der Waals surface area contributed by atoms with Gasteiger partial charge < -0.3 is 10.1 Å². The van der Waals surface area contributed by atoms with E-state index < -0.39 is 0 Å². The first-order valence-electron chi connectivity index (χ1n) is 6.64. The lowest BCUT2D eigenvalue weighted by Gasteiger charge is -2.17. The number of carbonyl (C=O) groups is 1. The van der Waals surface area contributed by atoms with Gasteiger partial charge in [-0.25, -0.2) is 0 Å². The standard InChI is InChI=1S/C15H21NO2/c1-4-14(15(17)16-12-6-7-12)18-13-8-5-10(2)11(3)9-13/h5,8-9,12,14H,4,6-7H2,1-3H3,(H,16,17)/t14-/m1/s1. The molecule has 1 aliphatic rings. The maximum absolute atomic E-state index is 11.9. The van der Waals surface area contributed by atoms with Crippen molar-refractivity contribution < 1.29 is 9.53 Å². The van der Waals surface area contributed by atoms with Gasteiger partial charge in [-0.3, -0.25) is 4.79 Å². The Morgan fingerprint density at radius 2 is 2.11 bits per heavy atom. The van der Waals surface area contributed by atoms with Gasteiger partial charge >= 0.3 is 0 Å². The van der Waals surface area contributed by atoms with Gasteiger partial charge in [0.2, 0.25) is 0 Å². The highest BCUT2D eigenvalue weighted by molar-refractivity contribution is 5.81. The fourth-order valence-electron chi connectivity index (χ4n) is 1.80. The lowest BCUT2D eigenvalue weighted by molar-refractivity contribution is -0.128. The molecule has 1 atom stereocenters. The number of hydrogen-bond donors (Lipinski definition) is 1. The number of hydrogen-bond acceptors (Lipinski definition) is 2. The minimum absolute atomic E-state index is 0.0122. The van der Waals surface area contributed by atoms with Crippen LogP contribution in [0.5, 0.6) is 5.75 Å². The second kappa shape index (κ2) is 5.42. The second-order valence-corrected chi connectivity index (χ2v) is 5.04. The summed E-state index contributed by atoms with van der Waals surface area (Å²) < 4.78 is 5.78. The monoisotopic (exact) mass is 247 g/mol. The molecular weight excluding hydrogens is 226 g/mol. The summed E-state index contributed by atoms with van der Waals surface area (Å²) >= 11 is 0. The van der Waals surface area contributed by atoms with Crippen LogP contribution in [0.4, 0.5) is 0 Å². The molecule has 2 rings (SSSR count). The van der Waals surface area contributed by atoms with Gasteiger partial charge in [-0.05, 0) is 56.4 Å². The molecule has 1 saturated carbocycles. The zero-order chi connectivity index (χ0) is 13.1. The van der Waals surface area contributed by atoms with Crippen molar-refractivity contribution in [2.24, 2.45) is 0 Å². The van der Waals surface area contributed by atoms with Crippen LogP contribution < -0.4 is 10.1 Å². The van der Waals surface area contributed by atoms with Gasteiger partial charge in [0.15, 0.2) is 6.10 Å². The van der Waals surface area contributed by atoms with E-state index in [0.717, 1.165) is 18.6 Å². The lowest BCUT2D eigenvalue weighted by atomic mass is 10.1. The topological polar surface area (TPSA) is 38.3 Å². The van der Waals surface area contributed by atoms with E-state index in [4.69, 9.17) is 4.74 Å². The molecule has 1 N–H and O–H groups in total. The van der Waals surface area contributed by atoms with Crippen LogP contribution >= 0.6 is 0 Å². The number of nitrogens with one attached hydrogen (secondary N) is 1. The predicted octanol–water partition coefficient (Wildman–Crippen LogP) is 2.74. The fourth-order valence-corrected chi connectivity index (χ4v) is 1.80. The summed E-state index contributed by atoms with van der Waals surface area (Å²) in [6.45, 7) is 6.09. The van der Waals surface area contributed by atoms with Gasteiger partial charge in [0.1, 0.15) is 5.75 Å². The molecule has 1 amide bonds. The molecule has 0 radical (unpaired) electrons. The van der Waals surface area contributed by atoms with E-state index >= 15 is 0 Å². The summed E-state index contributed by atoms with van der Waals surface area (Å²) in [5.74, 6) is 0.786. The van der Waals surface area contributed by atoms with Crippen molar-refractivity contribution in [3.8, 4) is 5.75 Å². The van der Waals surface area contributed by atoms with E-state index in [0.29, 0.717) is 12.5 Å². The second-order valence-electron chi connectivity index (χ2n) is 5.04. The maximum Gasteiger partial charge on any atom is 0.261 e. The van der Waals surface area contributed by atoms with Crippen molar-refractivity contribution in [3.63, 3.8) is 0 Å². The van der Waals surface area contributed by atoms with Crippen molar-refractivity contribution in [2.45, 2.75) is 52.2 Å². The Morgan fingerprint density at radius 3 is 2.67 bits per heavy atom. The van der Waals surface area contributed by atoms with E-state index in [-0.39, 0.29) is 12.0 Å². The summed E-state index contributed by atoms with van der Waals surface area (Å²) in [4.78, 5) is 11.9. The van der Waals surface area contributed by atoms with E-state index in [1.54, 1.807) is 0 Å². The van der Waals surface area contributed by atoms with Gasteiger partial charge in [0.25, 0.3) is 5.91 Å². The SMILES string of the molecule is CC[C@@H](Oc1ccc(C)c(C)c1)C(=O)NC1CC1. The van der Waals surface area contributed by atoms with Crippen LogP contribution in [0.2, 0.25) is 0 Å². The highest BCUT2D eigenvalue weighted by atomic mass is 16.5. The smallest absolute Gasteiger partial charge is 0.261 e. The number of aryl methyl sites for hydroxylation is 2. The van der Waals surface area contributed by atoms with Gasteiger partial charge in [-0.15, -0.1) is 0 Å². The quantitative estimate of drug-likeness (QED) is 0.868. The first-order valence-corrected chi connectivity index (χ1v) is 6.64. The number of carbonyl (C=O) groups excluding carboxylic acids is 1. The molecule has 1 aliphatic carbocycles. The minimum Gasteiger partial charge on any atom is -0.481 e. The summed E-state index contributed by atoms with van der Waals surface area (Å²) in [6.07, 6.45) is 2.51. The number of benzene rings is 1. The summed E-state index contributed by atoms with van der Waals surface area (Å²) in [5.41, 5.74) is 2.42. The van der Waals surface area contributed by atoms with Crippen LogP contribution in [0.1, 0.15) is 37.3 Å². The van der Waals surface area contributed by atoms with Gasteiger partial charge in [0, 0.05) is 6.04 Å². The molecule has 1 aromatic carbocycles. The van der Waals surface area contributed by atoms with E-state index in [2.05, 4.69) is 12.2 Å². The van der Waals surface area contributed by atoms with E-state index in [9.17, 15) is 4.79 Å². The normalized spacial score (nSPS) is 16.2. The van der Waals surface area contributed by atoms with E-state index in [1.165, 1.54) is 11.1 Å². The highest BCUT2D eigenvalue weighted by Crippen LogP contribution is 2.21. The van der Waals surface area contributed by atoms with Crippen LogP contribution in [-0.4, -0.2) is 18.1 Å². The molecule has 1 aromatic rings. The molecule has 0 saturated heterocycles. The predicted molar refractivity (Wildman–Crippen MR) is 71.8 cm³/mol. The van der Waals surface area contributed by atoms with Crippen molar-refractivity contribution in [1.29, 1.82) is 0 Å². The lowest BCUT2D eigenvalue weighted by Crippen LogP contribution is -2.39. The van der Waals surface area contributed by atoms with Crippen LogP contribution in [0.15, 0.2) is 18.2 Å². The minimum atomic E-state index is -0.382. The molecule has 1 fully saturated rings. The molecule has 18 heavy (non-hydrogen) atoms. The van der Waals surface area contributed by atoms with Crippen LogP contribution in [0.3, 0.4) is 0 Å². The third-order valence-corrected chi connectivity index (χ3v) is 3.34. The third-order valence-electron chi connectivity index (χ3n) is 3.34. The Morgan fingerprint density at radius 1 is 1.39 bits per heavy atom. The highest BCUT2D eigenvalue weighted by Gasteiger charge is 2.27. The largest absolute Gasteiger partial charge is 0.481 e. The Bertz CT molecular complexity index is 438. The molecule has 0 bridgehead atoms. The summed E-state index contributed by atoms with van der Waals surface area (Å²) in [7, 11) is 0. The summed E-state index contributed by atoms with van der Waals surface area (Å²) in [6, 6.07) is 6.32. The van der Waals surface area contributed by atoms with Crippen LogP contribution in [0, 0.1) is 13.8 Å². The third kappa shape index (κ3) is 3.25. The zero-order valence-electron chi connectivity index (χ0n) is 11.3. The molecule has 0 aliphatic heterocycles. The first-order chi connectivity index (χ1) is 8.60. The van der Waals surface area contributed by atoms with Crippen molar-refractivity contribution in [2.75, 3.05) is 0 Å². The Hall–Kier alpha value is -1.51. The van der Waals surface area contributed by atoms with Crippen molar-refractivity contribution >= 4 is 5.91 Å². The Kier molecular flexibility index (Phi) is 3.90. The molecule has 0 spiro atoms. The number of amides is 1. The van der Waals surface area contributed by atoms with Crippen LogP contribution in [0.25, 0.3) is 0 Å². The maximum atomic E-state index is 11.9. The molecule has 0 unspecified atom stereocenters. The van der Waals surface area contributed by atoms with Crippen LogP contribution in [-0.2, 0) is 4.79 Å². The van der Waals surface area contributed by atoms with E-state index in [1.807, 2.05) is 32.0 Å². The Balaban J connectivity index is 1.99. The van der Waals surface area contributed by atoms with Gasteiger partial charge in [-0.2, -0.15) is 0 Å². The zero-order valence-corrected chi connectivity index (χ0v) is 11.3. The fraction of sp³-hybridized carbons (Fsp3) is 0.533. The van der Waals surface area contributed by atoms with Crippen molar-refractivity contribution in [1.82, 2.24) is 5.32 Å². The van der Waals surface area contributed by atoms with Gasteiger partial charge in [0.05, 0.1) is 0 Å². The molecular formula is C15H21NO2. The number of rotatable bonds is 5. The first kappa shape index (κ1) is 12.9. The molecule has 98 valence electrons.